The smallest absolute Gasteiger partial charge is 0.184 e. The van der Waals surface area contributed by atoms with Crippen molar-refractivity contribution in [1.29, 1.82) is 0 Å². The number of thiocarbonyl (C=S) groups is 1. The molecule has 0 bridgehead atoms. The van der Waals surface area contributed by atoms with Crippen molar-refractivity contribution in [3.8, 4) is 0 Å². The topological polar surface area (TPSA) is 56.9 Å². The lowest BCUT2D eigenvalue weighted by atomic mass is 10.0. The van der Waals surface area contributed by atoms with Gasteiger partial charge in [-0.15, -0.1) is 0 Å². The number of hydrogen-bond acceptors (Lipinski definition) is 4. The zero-order valence-electron chi connectivity index (χ0n) is 18.7. The number of hydrogen-bond donors (Lipinski definition) is 2. The van der Waals surface area contributed by atoms with E-state index in [9.17, 15) is 4.39 Å². The van der Waals surface area contributed by atoms with Gasteiger partial charge in [-0.2, -0.15) is 5.10 Å². The lowest BCUT2D eigenvalue weighted by Gasteiger charge is -2.43. The molecule has 0 aliphatic carbocycles. The van der Waals surface area contributed by atoms with Crippen LogP contribution in [0.2, 0.25) is 0 Å². The van der Waals surface area contributed by atoms with Crippen LogP contribution in [0.3, 0.4) is 0 Å². The van der Waals surface area contributed by atoms with Crippen LogP contribution in [0.15, 0.2) is 77.9 Å². The van der Waals surface area contributed by atoms with Crippen molar-refractivity contribution in [2.75, 3.05) is 24.5 Å². The molecule has 1 saturated heterocycles. The van der Waals surface area contributed by atoms with Gasteiger partial charge in [0.25, 0.3) is 0 Å². The molecule has 3 aromatic carbocycles. The van der Waals surface area contributed by atoms with Crippen LogP contribution in [0.5, 0.6) is 0 Å². The molecule has 0 spiro atoms. The lowest BCUT2D eigenvalue weighted by molar-refractivity contribution is 0.166. The minimum atomic E-state index is -0.559. The van der Waals surface area contributed by atoms with Gasteiger partial charge in [0.1, 0.15) is 11.6 Å². The summed E-state index contributed by atoms with van der Waals surface area (Å²) in [7, 11) is 0. The summed E-state index contributed by atoms with van der Waals surface area (Å²) in [5.41, 5.74) is 10.4. The number of nitrogens with two attached hydrogens (primary N) is 1. The van der Waals surface area contributed by atoms with Crippen LogP contribution in [-0.2, 0) is 13.0 Å². The van der Waals surface area contributed by atoms with Crippen LogP contribution in [0.25, 0.3) is 0 Å². The highest BCUT2D eigenvalue weighted by atomic mass is 32.1. The molecule has 0 radical (unpaired) electrons. The van der Waals surface area contributed by atoms with Gasteiger partial charge in [-0.3, -0.25) is 10.3 Å². The number of rotatable bonds is 7. The van der Waals surface area contributed by atoms with Crippen molar-refractivity contribution in [3.05, 3.63) is 101 Å². The summed E-state index contributed by atoms with van der Waals surface area (Å²) in [5, 5.41) is 3.68. The molecule has 34 heavy (non-hydrogen) atoms. The van der Waals surface area contributed by atoms with Crippen molar-refractivity contribution in [2.45, 2.75) is 19.0 Å². The minimum Gasteiger partial charge on any atom is -0.375 e. The second kappa shape index (κ2) is 11.2. The Kier molecular flexibility index (Phi) is 7.82. The van der Waals surface area contributed by atoms with Gasteiger partial charge in [-0.05, 0) is 35.8 Å². The molecule has 0 saturated carbocycles. The normalized spacial score (nSPS) is 16.6. The first kappa shape index (κ1) is 23.8. The van der Waals surface area contributed by atoms with Gasteiger partial charge < -0.3 is 10.6 Å². The Morgan fingerprint density at radius 2 is 1.68 bits per heavy atom. The summed E-state index contributed by atoms with van der Waals surface area (Å²) in [5.74, 6) is -1.05. The maximum absolute atomic E-state index is 15.0. The predicted octanol–water partition coefficient (Wildman–Crippen LogP) is 4.07. The number of hydrazone groups is 1. The van der Waals surface area contributed by atoms with Crippen molar-refractivity contribution < 1.29 is 8.78 Å². The van der Waals surface area contributed by atoms with E-state index in [2.05, 4.69) is 51.9 Å². The summed E-state index contributed by atoms with van der Waals surface area (Å²) >= 11 is 4.66. The maximum atomic E-state index is 15.0. The molecule has 1 fully saturated rings. The van der Waals surface area contributed by atoms with Gasteiger partial charge in [0.15, 0.2) is 5.11 Å². The summed E-state index contributed by atoms with van der Waals surface area (Å²) in [4.78, 5) is 4.36. The molecule has 5 nitrogen and oxygen atoms in total. The fourth-order valence-electron chi connectivity index (χ4n) is 4.28. The second-order valence-electron chi connectivity index (χ2n) is 8.31. The summed E-state index contributed by atoms with van der Waals surface area (Å²) in [6, 6.07) is 23.1. The highest BCUT2D eigenvalue weighted by Gasteiger charge is 2.29. The van der Waals surface area contributed by atoms with Gasteiger partial charge >= 0.3 is 0 Å². The Morgan fingerprint density at radius 1 is 1.00 bits per heavy atom. The van der Waals surface area contributed by atoms with E-state index in [1.807, 2.05) is 41.3 Å². The first-order valence-electron chi connectivity index (χ1n) is 11.1. The monoisotopic (exact) mass is 479 g/mol. The molecule has 0 aromatic heterocycles. The molecule has 1 heterocycles. The van der Waals surface area contributed by atoms with Crippen molar-refractivity contribution in [3.63, 3.8) is 0 Å². The summed E-state index contributed by atoms with van der Waals surface area (Å²) < 4.78 is 29.8. The van der Waals surface area contributed by atoms with Gasteiger partial charge in [0.2, 0.25) is 0 Å². The van der Waals surface area contributed by atoms with Crippen LogP contribution in [0, 0.1) is 11.6 Å². The predicted molar refractivity (Wildman–Crippen MR) is 137 cm³/mol. The van der Waals surface area contributed by atoms with Crippen LogP contribution in [-0.4, -0.2) is 41.9 Å². The molecule has 4 rings (SSSR count). The highest BCUT2D eigenvalue weighted by Crippen LogP contribution is 2.27. The number of benzene rings is 3. The summed E-state index contributed by atoms with van der Waals surface area (Å²) in [6.07, 6.45) is 1.99. The third kappa shape index (κ3) is 6.15. The van der Waals surface area contributed by atoms with Crippen LogP contribution in [0.4, 0.5) is 14.5 Å². The quantitative estimate of drug-likeness (QED) is 0.304. The van der Waals surface area contributed by atoms with E-state index in [1.54, 1.807) is 0 Å². The van der Waals surface area contributed by atoms with Crippen LogP contribution >= 0.6 is 12.2 Å². The Labute approximate surface area is 203 Å². The zero-order chi connectivity index (χ0) is 23.9. The molecule has 3 aromatic rings. The largest absolute Gasteiger partial charge is 0.375 e. The standard InChI is InChI=1S/C26H27F2N5S/c27-23-15-25(24(28)14-21(23)16-30-31-26(29)34)33-12-11-32(17-20-9-5-2-6-10-20)22(18-33)13-19-7-3-1-4-8-19/h1-10,14-16,22H,11-13,17-18H2,(H3,29,31,34)/t22-/m0/s1. The Hall–Kier alpha value is -3.36. The van der Waals surface area contributed by atoms with Crippen molar-refractivity contribution in [1.82, 2.24) is 10.3 Å². The van der Waals surface area contributed by atoms with E-state index in [1.165, 1.54) is 17.2 Å². The van der Waals surface area contributed by atoms with E-state index in [0.29, 0.717) is 13.1 Å². The van der Waals surface area contributed by atoms with Crippen LogP contribution < -0.4 is 16.1 Å². The maximum Gasteiger partial charge on any atom is 0.184 e. The Balaban J connectivity index is 1.55. The molecule has 3 N–H and O–H groups in total. The van der Waals surface area contributed by atoms with E-state index in [-0.39, 0.29) is 22.4 Å². The SMILES string of the molecule is NC(=S)NN=Cc1cc(F)c(N2CCN(Cc3ccccc3)[C@@H](Cc3ccccc3)C2)cc1F. The number of nitrogens with one attached hydrogen (secondary N) is 1. The fraction of sp³-hybridized carbons (Fsp3) is 0.231. The first-order chi connectivity index (χ1) is 16.5. The van der Waals surface area contributed by atoms with Crippen molar-refractivity contribution in [2.24, 2.45) is 10.8 Å². The number of halogens is 2. The molecule has 1 aliphatic heterocycles. The molecule has 8 heteroatoms. The second-order valence-corrected chi connectivity index (χ2v) is 8.74. The molecule has 176 valence electrons. The van der Waals surface area contributed by atoms with Gasteiger partial charge in [-0.1, -0.05) is 60.7 Å². The Morgan fingerprint density at radius 3 is 2.35 bits per heavy atom. The number of piperazine rings is 1. The van der Waals surface area contributed by atoms with E-state index < -0.39 is 11.6 Å². The average molecular weight is 480 g/mol. The molecule has 0 unspecified atom stereocenters. The summed E-state index contributed by atoms with van der Waals surface area (Å²) in [6.45, 7) is 2.75. The average Bonchev–Trinajstić information content (AvgIpc) is 2.83. The fourth-order valence-corrected chi connectivity index (χ4v) is 4.33. The lowest BCUT2D eigenvalue weighted by Crippen LogP contribution is -2.54. The van der Waals surface area contributed by atoms with E-state index in [0.717, 1.165) is 31.8 Å². The zero-order valence-corrected chi connectivity index (χ0v) is 19.5. The Bertz CT molecular complexity index is 1140. The highest BCUT2D eigenvalue weighted by molar-refractivity contribution is 7.80. The number of anilines is 1. The van der Waals surface area contributed by atoms with Gasteiger partial charge in [0.05, 0.1) is 11.9 Å². The minimum absolute atomic E-state index is 0.0218. The third-order valence-corrected chi connectivity index (χ3v) is 6.02. The van der Waals surface area contributed by atoms with Crippen molar-refractivity contribution >= 4 is 29.2 Å². The number of nitrogens with zero attached hydrogens (tertiary/aromatic N) is 3. The van der Waals surface area contributed by atoms with Crippen LogP contribution in [0.1, 0.15) is 16.7 Å². The van der Waals surface area contributed by atoms with Gasteiger partial charge in [-0.25, -0.2) is 8.78 Å². The van der Waals surface area contributed by atoms with Gasteiger partial charge in [0, 0.05) is 43.9 Å². The molecular formula is C26H27F2N5S. The molecule has 1 aliphatic rings. The van der Waals surface area contributed by atoms with E-state index in [4.69, 9.17) is 5.73 Å². The van der Waals surface area contributed by atoms with E-state index >= 15 is 4.39 Å². The molecule has 0 amide bonds. The first-order valence-corrected chi connectivity index (χ1v) is 11.5. The third-order valence-electron chi connectivity index (χ3n) is 5.93. The molecular weight excluding hydrogens is 452 g/mol. The molecule has 1 atom stereocenters.